The van der Waals surface area contributed by atoms with Crippen LogP contribution in [-0.2, 0) is 4.79 Å². The lowest BCUT2D eigenvalue weighted by Gasteiger charge is -2.05. The molecular formula is C14H11BrN2O. The summed E-state index contributed by atoms with van der Waals surface area (Å²) in [6, 6.07) is 7.71. The fourth-order valence-corrected chi connectivity index (χ4v) is 2.50. The van der Waals surface area contributed by atoms with Crippen LogP contribution in [0.25, 0.3) is 11.6 Å². The van der Waals surface area contributed by atoms with Crippen molar-refractivity contribution in [2.75, 3.05) is 5.32 Å². The molecular weight excluding hydrogens is 292 g/mol. The number of fused-ring (bicyclic) bond motifs is 1. The average molecular weight is 303 g/mol. The van der Waals surface area contributed by atoms with Crippen molar-refractivity contribution >= 4 is 39.2 Å². The number of hydrogen-bond acceptors (Lipinski definition) is 1. The molecule has 0 saturated carbocycles. The predicted octanol–water partition coefficient (Wildman–Crippen LogP) is 3.58. The summed E-state index contributed by atoms with van der Waals surface area (Å²) < 4.78 is 1.01. The number of aromatic amines is 1. The molecule has 4 heteroatoms. The smallest absolute Gasteiger partial charge is 0.256 e. The monoisotopic (exact) mass is 302 g/mol. The molecule has 90 valence electrons. The molecule has 1 amide bonds. The van der Waals surface area contributed by atoms with Gasteiger partial charge in [0.25, 0.3) is 5.91 Å². The number of nitrogens with one attached hydrogen (secondary N) is 2. The zero-order chi connectivity index (χ0) is 12.7. The van der Waals surface area contributed by atoms with Crippen molar-refractivity contribution in [3.05, 3.63) is 51.8 Å². The minimum absolute atomic E-state index is 0.0548. The van der Waals surface area contributed by atoms with Crippen LogP contribution in [0, 0.1) is 6.92 Å². The number of H-pyrrole nitrogens is 1. The fourth-order valence-electron chi connectivity index (χ4n) is 2.17. The summed E-state index contributed by atoms with van der Waals surface area (Å²) in [4.78, 5) is 15.1. The van der Waals surface area contributed by atoms with E-state index in [1.54, 1.807) is 0 Å². The molecule has 0 fully saturated rings. The topological polar surface area (TPSA) is 44.9 Å². The molecule has 2 heterocycles. The molecule has 0 saturated heterocycles. The van der Waals surface area contributed by atoms with E-state index in [1.807, 2.05) is 43.5 Å². The number of carbonyl (C=O) groups excluding carboxylic acids is 1. The average Bonchev–Trinajstić information content (AvgIpc) is 2.94. The van der Waals surface area contributed by atoms with Crippen molar-refractivity contribution in [2.24, 2.45) is 0 Å². The zero-order valence-corrected chi connectivity index (χ0v) is 11.3. The summed E-state index contributed by atoms with van der Waals surface area (Å²) >= 11 is 3.50. The van der Waals surface area contributed by atoms with E-state index in [4.69, 9.17) is 0 Å². The Kier molecular flexibility index (Phi) is 2.59. The van der Waals surface area contributed by atoms with Crippen molar-refractivity contribution in [3.63, 3.8) is 0 Å². The highest BCUT2D eigenvalue weighted by Crippen LogP contribution is 2.38. The van der Waals surface area contributed by atoms with Crippen molar-refractivity contribution < 1.29 is 4.79 Å². The van der Waals surface area contributed by atoms with Gasteiger partial charge in [0.1, 0.15) is 0 Å². The maximum Gasteiger partial charge on any atom is 0.256 e. The Morgan fingerprint density at radius 3 is 2.83 bits per heavy atom. The molecule has 1 aliphatic rings. The van der Waals surface area contributed by atoms with Crippen LogP contribution < -0.4 is 5.32 Å². The lowest BCUT2D eigenvalue weighted by molar-refractivity contribution is -0.110. The van der Waals surface area contributed by atoms with E-state index in [1.165, 1.54) is 0 Å². The molecule has 2 N–H and O–H groups in total. The summed E-state index contributed by atoms with van der Waals surface area (Å²) in [6.45, 7) is 2.01. The van der Waals surface area contributed by atoms with Gasteiger partial charge in [0.2, 0.25) is 0 Å². The van der Waals surface area contributed by atoms with Gasteiger partial charge in [-0.1, -0.05) is 15.9 Å². The van der Waals surface area contributed by atoms with Crippen molar-refractivity contribution in [1.29, 1.82) is 0 Å². The van der Waals surface area contributed by atoms with Gasteiger partial charge in [-0.3, -0.25) is 4.79 Å². The molecule has 1 aromatic heterocycles. The number of benzene rings is 1. The molecule has 3 rings (SSSR count). The van der Waals surface area contributed by atoms with Crippen LogP contribution in [-0.4, -0.2) is 10.9 Å². The minimum Gasteiger partial charge on any atom is -0.362 e. The molecule has 18 heavy (non-hydrogen) atoms. The molecule has 0 unspecified atom stereocenters. The van der Waals surface area contributed by atoms with Crippen LogP contribution in [0.2, 0.25) is 0 Å². The Balaban J connectivity index is 2.20. The molecule has 0 atom stereocenters. The van der Waals surface area contributed by atoms with E-state index in [2.05, 4.69) is 26.2 Å². The van der Waals surface area contributed by atoms with E-state index in [0.29, 0.717) is 5.57 Å². The van der Waals surface area contributed by atoms with Crippen LogP contribution in [0.1, 0.15) is 16.8 Å². The van der Waals surface area contributed by atoms with Gasteiger partial charge < -0.3 is 10.3 Å². The van der Waals surface area contributed by atoms with E-state index < -0.39 is 0 Å². The van der Waals surface area contributed by atoms with E-state index in [9.17, 15) is 4.79 Å². The van der Waals surface area contributed by atoms with Crippen LogP contribution in [0.15, 0.2) is 34.9 Å². The van der Waals surface area contributed by atoms with Gasteiger partial charge in [0, 0.05) is 27.6 Å². The first-order chi connectivity index (χ1) is 8.66. The SMILES string of the molecule is Cc1c(Br)ccc2c1C(=Cc1ccc[nH]1)C(=O)N2. The third-order valence-corrected chi connectivity index (χ3v) is 3.94. The van der Waals surface area contributed by atoms with Gasteiger partial charge in [-0.25, -0.2) is 0 Å². The number of halogens is 1. The summed E-state index contributed by atoms with van der Waals surface area (Å²) in [5.41, 5.74) is 4.55. The lowest BCUT2D eigenvalue weighted by Crippen LogP contribution is -2.03. The van der Waals surface area contributed by atoms with Crippen molar-refractivity contribution in [1.82, 2.24) is 4.98 Å². The number of hydrogen-bond donors (Lipinski definition) is 2. The van der Waals surface area contributed by atoms with E-state index in [-0.39, 0.29) is 5.91 Å². The van der Waals surface area contributed by atoms with Crippen molar-refractivity contribution in [2.45, 2.75) is 6.92 Å². The van der Waals surface area contributed by atoms with Gasteiger partial charge in [-0.15, -0.1) is 0 Å². The molecule has 3 nitrogen and oxygen atoms in total. The summed E-state index contributed by atoms with van der Waals surface area (Å²) in [7, 11) is 0. The van der Waals surface area contributed by atoms with E-state index in [0.717, 1.165) is 27.0 Å². The number of amides is 1. The Labute approximate surface area is 113 Å². The molecule has 1 aromatic carbocycles. The van der Waals surface area contributed by atoms with Gasteiger partial charge >= 0.3 is 0 Å². The number of aromatic nitrogens is 1. The second kappa shape index (κ2) is 4.14. The number of rotatable bonds is 1. The number of anilines is 1. The first-order valence-corrected chi connectivity index (χ1v) is 6.42. The summed E-state index contributed by atoms with van der Waals surface area (Å²) in [6.07, 6.45) is 3.72. The Hall–Kier alpha value is -1.81. The van der Waals surface area contributed by atoms with Crippen LogP contribution in [0.4, 0.5) is 5.69 Å². The zero-order valence-electron chi connectivity index (χ0n) is 9.75. The minimum atomic E-state index is -0.0548. The Morgan fingerprint density at radius 2 is 2.11 bits per heavy atom. The summed E-state index contributed by atoms with van der Waals surface area (Å²) in [5.74, 6) is -0.0548. The summed E-state index contributed by atoms with van der Waals surface area (Å²) in [5, 5.41) is 2.89. The first-order valence-electron chi connectivity index (χ1n) is 5.63. The normalized spacial score (nSPS) is 15.9. The van der Waals surface area contributed by atoms with Crippen LogP contribution in [0.5, 0.6) is 0 Å². The maximum atomic E-state index is 12.0. The Bertz CT molecular complexity index is 657. The van der Waals surface area contributed by atoms with E-state index >= 15 is 0 Å². The third kappa shape index (κ3) is 1.69. The standard InChI is InChI=1S/C14H11BrN2O/c1-8-11(15)4-5-12-13(8)10(14(18)17-12)7-9-3-2-6-16-9/h2-7,16H,1H3,(H,17,18). The second-order valence-corrected chi connectivity index (χ2v) is 5.09. The van der Waals surface area contributed by atoms with Gasteiger partial charge in [0.05, 0.1) is 5.57 Å². The highest BCUT2D eigenvalue weighted by Gasteiger charge is 2.26. The molecule has 0 aliphatic carbocycles. The van der Waals surface area contributed by atoms with Crippen LogP contribution >= 0.6 is 15.9 Å². The quantitative estimate of drug-likeness (QED) is 0.777. The highest BCUT2D eigenvalue weighted by atomic mass is 79.9. The first kappa shape index (κ1) is 11.3. The lowest BCUT2D eigenvalue weighted by atomic mass is 10.0. The second-order valence-electron chi connectivity index (χ2n) is 4.23. The van der Waals surface area contributed by atoms with Gasteiger partial charge in [0.15, 0.2) is 0 Å². The van der Waals surface area contributed by atoms with Crippen molar-refractivity contribution in [3.8, 4) is 0 Å². The maximum absolute atomic E-state index is 12.0. The fraction of sp³-hybridized carbons (Fsp3) is 0.0714. The molecule has 2 aromatic rings. The molecule has 0 bridgehead atoms. The molecule has 1 aliphatic heterocycles. The Morgan fingerprint density at radius 1 is 1.28 bits per heavy atom. The van der Waals surface area contributed by atoms with Gasteiger partial charge in [-0.2, -0.15) is 0 Å². The molecule has 0 radical (unpaired) electrons. The third-order valence-electron chi connectivity index (χ3n) is 3.08. The van der Waals surface area contributed by atoms with Gasteiger partial charge in [-0.05, 0) is 42.8 Å². The number of carbonyl (C=O) groups is 1. The van der Waals surface area contributed by atoms with Crippen LogP contribution in [0.3, 0.4) is 0 Å². The predicted molar refractivity (Wildman–Crippen MR) is 76.2 cm³/mol. The molecule has 0 spiro atoms. The highest BCUT2D eigenvalue weighted by molar-refractivity contribution is 9.10. The largest absolute Gasteiger partial charge is 0.362 e.